The van der Waals surface area contributed by atoms with Gasteiger partial charge in [0.25, 0.3) is 0 Å². The lowest BCUT2D eigenvalue weighted by atomic mass is 10.3. The molecule has 1 heterocycles. The Bertz CT molecular complexity index is 294. The molecule has 0 amide bonds. The molecule has 0 radical (unpaired) electrons. The first-order chi connectivity index (χ1) is 6.13. The second-order valence-corrected chi connectivity index (χ2v) is 3.06. The van der Waals surface area contributed by atoms with E-state index in [1.165, 1.54) is 6.20 Å². The SMILES string of the molecule is CC(CO)Nc1nc(N)ncc1Cl. The monoisotopic (exact) mass is 202 g/mol. The molecule has 0 bridgehead atoms. The Labute approximate surface area is 81.0 Å². The van der Waals surface area contributed by atoms with Gasteiger partial charge in [-0.25, -0.2) is 4.98 Å². The molecule has 72 valence electrons. The van der Waals surface area contributed by atoms with E-state index in [0.717, 1.165) is 0 Å². The lowest BCUT2D eigenvalue weighted by molar-refractivity contribution is 0.281. The summed E-state index contributed by atoms with van der Waals surface area (Å²) in [5.41, 5.74) is 5.36. The van der Waals surface area contributed by atoms with E-state index in [-0.39, 0.29) is 18.6 Å². The van der Waals surface area contributed by atoms with Crippen molar-refractivity contribution in [3.8, 4) is 0 Å². The van der Waals surface area contributed by atoms with Gasteiger partial charge >= 0.3 is 0 Å². The van der Waals surface area contributed by atoms with Gasteiger partial charge in [0, 0.05) is 6.04 Å². The molecule has 1 rings (SSSR count). The van der Waals surface area contributed by atoms with E-state index >= 15 is 0 Å². The summed E-state index contributed by atoms with van der Waals surface area (Å²) in [5, 5.41) is 12.0. The molecule has 4 N–H and O–H groups in total. The van der Waals surface area contributed by atoms with Crippen LogP contribution in [0.3, 0.4) is 0 Å². The molecule has 0 aromatic carbocycles. The molecule has 0 aliphatic carbocycles. The number of nitrogen functional groups attached to an aromatic ring is 1. The number of hydrogen-bond acceptors (Lipinski definition) is 5. The van der Waals surface area contributed by atoms with Crippen LogP contribution in [0.25, 0.3) is 0 Å². The van der Waals surface area contributed by atoms with E-state index in [1.807, 2.05) is 0 Å². The maximum absolute atomic E-state index is 8.78. The predicted octanol–water partition coefficient (Wildman–Crippen LogP) is 0.505. The summed E-state index contributed by atoms with van der Waals surface area (Å²) >= 11 is 5.77. The molecule has 0 fully saturated rings. The van der Waals surface area contributed by atoms with Crippen LogP contribution in [0, 0.1) is 0 Å². The van der Waals surface area contributed by atoms with Gasteiger partial charge in [-0.05, 0) is 6.92 Å². The molecule has 0 aliphatic rings. The van der Waals surface area contributed by atoms with Crippen LogP contribution in [0.15, 0.2) is 6.20 Å². The Balaban J connectivity index is 2.81. The van der Waals surface area contributed by atoms with E-state index in [4.69, 9.17) is 22.4 Å². The van der Waals surface area contributed by atoms with Crippen LogP contribution < -0.4 is 11.1 Å². The highest BCUT2D eigenvalue weighted by Gasteiger charge is 2.06. The molecule has 5 nitrogen and oxygen atoms in total. The molecule has 1 aromatic heterocycles. The van der Waals surface area contributed by atoms with Gasteiger partial charge in [-0.1, -0.05) is 11.6 Å². The number of nitrogens with two attached hydrogens (primary N) is 1. The molecule has 13 heavy (non-hydrogen) atoms. The number of rotatable bonds is 3. The van der Waals surface area contributed by atoms with Gasteiger partial charge in [0.1, 0.15) is 5.02 Å². The van der Waals surface area contributed by atoms with Gasteiger partial charge in [0.05, 0.1) is 12.8 Å². The van der Waals surface area contributed by atoms with Crippen LogP contribution in [0.5, 0.6) is 0 Å². The van der Waals surface area contributed by atoms with Crippen molar-refractivity contribution in [2.24, 2.45) is 0 Å². The fraction of sp³-hybridized carbons (Fsp3) is 0.429. The second kappa shape index (κ2) is 4.25. The fourth-order valence-electron chi connectivity index (χ4n) is 0.761. The van der Waals surface area contributed by atoms with Crippen molar-refractivity contribution < 1.29 is 5.11 Å². The van der Waals surface area contributed by atoms with Crippen molar-refractivity contribution in [1.82, 2.24) is 9.97 Å². The summed E-state index contributed by atoms with van der Waals surface area (Å²) in [7, 11) is 0. The Morgan fingerprint density at radius 3 is 3.08 bits per heavy atom. The molecule has 1 aromatic rings. The summed E-state index contributed by atoms with van der Waals surface area (Å²) in [5.74, 6) is 0.591. The smallest absolute Gasteiger partial charge is 0.222 e. The first-order valence-corrected chi connectivity index (χ1v) is 4.16. The average Bonchev–Trinajstić information content (AvgIpc) is 2.11. The van der Waals surface area contributed by atoms with Gasteiger partial charge in [-0.15, -0.1) is 0 Å². The minimum Gasteiger partial charge on any atom is -0.394 e. The number of aliphatic hydroxyl groups is 1. The molecule has 0 aliphatic heterocycles. The fourth-order valence-corrected chi connectivity index (χ4v) is 0.907. The summed E-state index contributed by atoms with van der Waals surface area (Å²) < 4.78 is 0. The largest absolute Gasteiger partial charge is 0.394 e. The average molecular weight is 203 g/mol. The third kappa shape index (κ3) is 2.71. The minimum absolute atomic E-state index is 0.000235. The maximum Gasteiger partial charge on any atom is 0.222 e. The normalized spacial score (nSPS) is 12.5. The molecule has 0 saturated carbocycles. The quantitative estimate of drug-likeness (QED) is 0.665. The molecule has 0 spiro atoms. The Morgan fingerprint density at radius 2 is 2.46 bits per heavy atom. The topological polar surface area (TPSA) is 84.1 Å². The highest BCUT2D eigenvalue weighted by atomic mass is 35.5. The Hall–Kier alpha value is -1.07. The van der Waals surface area contributed by atoms with Crippen LogP contribution in [0.2, 0.25) is 5.02 Å². The summed E-state index contributed by atoms with van der Waals surface area (Å²) in [6.07, 6.45) is 1.41. The standard InChI is InChI=1S/C7H11ClN4O/c1-4(3-13)11-6-5(8)2-10-7(9)12-6/h2,4,13H,3H2,1H3,(H3,9,10,11,12). The lowest BCUT2D eigenvalue weighted by Gasteiger charge is -2.12. The summed E-state index contributed by atoms with van der Waals surface area (Å²) in [6, 6.07) is -0.119. The third-order valence-electron chi connectivity index (χ3n) is 1.42. The number of halogens is 1. The molecule has 1 atom stereocenters. The first-order valence-electron chi connectivity index (χ1n) is 3.79. The number of nitrogens with one attached hydrogen (secondary N) is 1. The highest BCUT2D eigenvalue weighted by molar-refractivity contribution is 6.32. The van der Waals surface area contributed by atoms with E-state index in [0.29, 0.717) is 10.8 Å². The van der Waals surface area contributed by atoms with E-state index < -0.39 is 0 Å². The third-order valence-corrected chi connectivity index (χ3v) is 1.70. The summed E-state index contributed by atoms with van der Waals surface area (Å²) in [6.45, 7) is 1.80. The number of aromatic nitrogens is 2. The second-order valence-electron chi connectivity index (χ2n) is 2.65. The van der Waals surface area contributed by atoms with E-state index in [1.54, 1.807) is 6.92 Å². The number of nitrogens with zero attached hydrogens (tertiary/aromatic N) is 2. The summed E-state index contributed by atoms with van der Waals surface area (Å²) in [4.78, 5) is 7.58. The van der Waals surface area contributed by atoms with Crippen LogP contribution >= 0.6 is 11.6 Å². The number of aliphatic hydroxyl groups excluding tert-OH is 1. The van der Waals surface area contributed by atoms with E-state index in [9.17, 15) is 0 Å². The van der Waals surface area contributed by atoms with Crippen LogP contribution in [-0.2, 0) is 0 Å². The number of hydrogen-bond donors (Lipinski definition) is 3. The Morgan fingerprint density at radius 1 is 1.77 bits per heavy atom. The van der Waals surface area contributed by atoms with Crippen molar-refractivity contribution in [2.75, 3.05) is 17.7 Å². The van der Waals surface area contributed by atoms with Crippen molar-refractivity contribution in [3.63, 3.8) is 0 Å². The van der Waals surface area contributed by atoms with Gasteiger partial charge in [0.2, 0.25) is 5.95 Å². The van der Waals surface area contributed by atoms with Gasteiger partial charge in [-0.2, -0.15) is 4.98 Å². The molecule has 6 heteroatoms. The van der Waals surface area contributed by atoms with Gasteiger partial charge in [-0.3, -0.25) is 0 Å². The number of anilines is 2. The van der Waals surface area contributed by atoms with Crippen molar-refractivity contribution >= 4 is 23.4 Å². The van der Waals surface area contributed by atoms with Crippen LogP contribution in [0.1, 0.15) is 6.92 Å². The lowest BCUT2D eigenvalue weighted by Crippen LogP contribution is -2.20. The molecular weight excluding hydrogens is 192 g/mol. The molecule has 1 unspecified atom stereocenters. The maximum atomic E-state index is 8.78. The molecular formula is C7H11ClN4O. The van der Waals surface area contributed by atoms with Crippen LogP contribution in [0.4, 0.5) is 11.8 Å². The minimum atomic E-state index is -0.119. The zero-order valence-corrected chi connectivity index (χ0v) is 7.91. The van der Waals surface area contributed by atoms with Gasteiger partial charge in [0.15, 0.2) is 5.82 Å². The van der Waals surface area contributed by atoms with Crippen molar-refractivity contribution in [1.29, 1.82) is 0 Å². The Kier molecular flexibility index (Phi) is 3.27. The highest BCUT2D eigenvalue weighted by Crippen LogP contribution is 2.18. The van der Waals surface area contributed by atoms with Gasteiger partial charge < -0.3 is 16.2 Å². The van der Waals surface area contributed by atoms with E-state index in [2.05, 4.69) is 15.3 Å². The zero-order chi connectivity index (χ0) is 9.84. The first kappa shape index (κ1) is 10.0. The van der Waals surface area contributed by atoms with Crippen LogP contribution in [-0.4, -0.2) is 27.7 Å². The van der Waals surface area contributed by atoms with Crippen molar-refractivity contribution in [2.45, 2.75) is 13.0 Å². The van der Waals surface area contributed by atoms with Crippen molar-refractivity contribution in [3.05, 3.63) is 11.2 Å². The zero-order valence-electron chi connectivity index (χ0n) is 7.16. The molecule has 0 saturated heterocycles. The predicted molar refractivity (Wildman–Crippen MR) is 51.6 cm³/mol.